The topological polar surface area (TPSA) is 31.2 Å². The minimum Gasteiger partial charge on any atom is -0.497 e. The zero-order chi connectivity index (χ0) is 14.0. The van der Waals surface area contributed by atoms with Crippen molar-refractivity contribution in [2.24, 2.45) is 0 Å². The molecule has 0 fully saturated rings. The zero-order valence-corrected chi connectivity index (χ0v) is 12.8. The monoisotopic (exact) mass is 321 g/mol. The average Bonchev–Trinajstić information content (AvgIpc) is 2.42. The van der Waals surface area contributed by atoms with E-state index in [-0.39, 0.29) is 5.56 Å². The van der Waals surface area contributed by atoms with Gasteiger partial charge in [0.25, 0.3) is 5.56 Å². The maximum Gasteiger partial charge on any atom is 0.253 e. The van der Waals surface area contributed by atoms with Gasteiger partial charge in [0.1, 0.15) is 5.75 Å². The van der Waals surface area contributed by atoms with Crippen LogP contribution in [0.2, 0.25) is 0 Å². The molecule has 0 bridgehead atoms. The minimum atomic E-state index is 0.0581. The van der Waals surface area contributed by atoms with E-state index < -0.39 is 0 Å². The second kappa shape index (κ2) is 5.61. The number of rotatable bonds is 3. The molecule has 1 aromatic heterocycles. The van der Waals surface area contributed by atoms with Gasteiger partial charge in [-0.25, -0.2) is 0 Å². The van der Waals surface area contributed by atoms with Gasteiger partial charge >= 0.3 is 0 Å². The fourth-order valence-electron chi connectivity index (χ4n) is 2.07. The van der Waals surface area contributed by atoms with Crippen LogP contribution in [0.4, 0.5) is 0 Å². The lowest BCUT2D eigenvalue weighted by Crippen LogP contribution is -2.22. The number of ether oxygens (including phenoxy) is 1. The molecule has 2 aromatic rings. The first-order valence-electron chi connectivity index (χ1n) is 6.12. The molecule has 0 aliphatic rings. The maximum atomic E-state index is 12.2. The van der Waals surface area contributed by atoms with Crippen molar-refractivity contribution < 1.29 is 4.74 Å². The largest absolute Gasteiger partial charge is 0.497 e. The van der Waals surface area contributed by atoms with E-state index in [0.29, 0.717) is 6.54 Å². The van der Waals surface area contributed by atoms with Crippen LogP contribution in [0.3, 0.4) is 0 Å². The number of hydrogen-bond donors (Lipinski definition) is 0. The SMILES string of the molecule is CCn1c(-c2ccc(OC)cc2Br)ccc(C)c1=O. The number of nitrogens with zero attached hydrogens (tertiary/aromatic N) is 1. The maximum absolute atomic E-state index is 12.2. The lowest BCUT2D eigenvalue weighted by Gasteiger charge is -2.14. The fraction of sp³-hybridized carbons (Fsp3) is 0.267. The van der Waals surface area contributed by atoms with Crippen LogP contribution in [0, 0.1) is 6.92 Å². The summed E-state index contributed by atoms with van der Waals surface area (Å²) in [6.07, 6.45) is 0. The third kappa shape index (κ3) is 2.59. The Balaban J connectivity index is 2.66. The van der Waals surface area contributed by atoms with Gasteiger partial charge in [-0.2, -0.15) is 0 Å². The van der Waals surface area contributed by atoms with Crippen molar-refractivity contribution in [1.29, 1.82) is 0 Å². The Kier molecular flexibility index (Phi) is 4.10. The van der Waals surface area contributed by atoms with Crippen molar-refractivity contribution in [2.75, 3.05) is 7.11 Å². The highest BCUT2D eigenvalue weighted by Gasteiger charge is 2.10. The smallest absolute Gasteiger partial charge is 0.253 e. The molecule has 0 N–H and O–H groups in total. The van der Waals surface area contributed by atoms with Crippen molar-refractivity contribution in [2.45, 2.75) is 20.4 Å². The third-order valence-corrected chi connectivity index (χ3v) is 3.79. The van der Waals surface area contributed by atoms with Crippen molar-refractivity contribution >= 4 is 15.9 Å². The van der Waals surface area contributed by atoms with E-state index >= 15 is 0 Å². The van der Waals surface area contributed by atoms with Crippen molar-refractivity contribution in [3.8, 4) is 17.0 Å². The highest BCUT2D eigenvalue weighted by Crippen LogP contribution is 2.31. The Labute approximate surface area is 121 Å². The summed E-state index contributed by atoms with van der Waals surface area (Å²) in [6, 6.07) is 9.59. The Morgan fingerprint density at radius 2 is 2.00 bits per heavy atom. The quantitative estimate of drug-likeness (QED) is 0.864. The number of halogens is 1. The summed E-state index contributed by atoms with van der Waals surface area (Å²) in [5, 5.41) is 0. The van der Waals surface area contributed by atoms with Gasteiger partial charge in [-0.1, -0.05) is 6.07 Å². The second-order valence-electron chi connectivity index (χ2n) is 4.30. The highest BCUT2D eigenvalue weighted by molar-refractivity contribution is 9.10. The second-order valence-corrected chi connectivity index (χ2v) is 5.15. The van der Waals surface area contributed by atoms with Crippen LogP contribution >= 0.6 is 15.9 Å². The molecule has 0 spiro atoms. The van der Waals surface area contributed by atoms with E-state index in [1.807, 2.05) is 44.2 Å². The van der Waals surface area contributed by atoms with Crippen molar-refractivity contribution in [3.05, 3.63) is 50.7 Å². The number of hydrogen-bond acceptors (Lipinski definition) is 2. The summed E-state index contributed by atoms with van der Waals surface area (Å²) in [5.74, 6) is 0.785. The molecular formula is C15H16BrNO2. The Morgan fingerprint density at radius 3 is 2.58 bits per heavy atom. The van der Waals surface area contributed by atoms with Gasteiger partial charge in [0.05, 0.1) is 12.8 Å². The van der Waals surface area contributed by atoms with E-state index in [0.717, 1.165) is 27.0 Å². The summed E-state index contributed by atoms with van der Waals surface area (Å²) >= 11 is 3.54. The molecule has 0 aliphatic heterocycles. The molecule has 4 heteroatoms. The number of methoxy groups -OCH3 is 1. The van der Waals surface area contributed by atoms with Gasteiger partial charge in [-0.05, 0) is 54.0 Å². The van der Waals surface area contributed by atoms with E-state index in [4.69, 9.17) is 4.74 Å². The van der Waals surface area contributed by atoms with Crippen LogP contribution in [0.15, 0.2) is 39.6 Å². The molecule has 2 rings (SSSR count). The lowest BCUT2D eigenvalue weighted by molar-refractivity contribution is 0.414. The Morgan fingerprint density at radius 1 is 1.26 bits per heavy atom. The average molecular weight is 322 g/mol. The molecular weight excluding hydrogens is 306 g/mol. The van der Waals surface area contributed by atoms with Crippen LogP contribution in [-0.2, 0) is 6.54 Å². The van der Waals surface area contributed by atoms with E-state index in [2.05, 4.69) is 15.9 Å². The lowest BCUT2D eigenvalue weighted by atomic mass is 10.1. The van der Waals surface area contributed by atoms with E-state index in [9.17, 15) is 4.79 Å². The molecule has 0 aliphatic carbocycles. The number of aromatic nitrogens is 1. The summed E-state index contributed by atoms with van der Waals surface area (Å²) < 4.78 is 7.88. The standard InChI is InChI=1S/C15H16BrNO2/c1-4-17-14(8-5-10(2)15(17)18)12-7-6-11(19-3)9-13(12)16/h5-9H,4H2,1-3H3. The number of benzene rings is 1. The van der Waals surface area contributed by atoms with Gasteiger partial charge in [-0.15, -0.1) is 0 Å². The predicted molar refractivity (Wildman–Crippen MR) is 80.8 cm³/mol. The Bertz CT molecular complexity index is 662. The molecule has 0 unspecified atom stereocenters. The van der Waals surface area contributed by atoms with Gasteiger partial charge in [0, 0.05) is 22.1 Å². The molecule has 19 heavy (non-hydrogen) atoms. The predicted octanol–water partition coefficient (Wildman–Crippen LogP) is 3.61. The number of aryl methyl sites for hydroxylation is 1. The summed E-state index contributed by atoms with van der Waals surface area (Å²) in [4.78, 5) is 12.2. The van der Waals surface area contributed by atoms with E-state index in [1.54, 1.807) is 11.7 Å². The third-order valence-electron chi connectivity index (χ3n) is 3.13. The summed E-state index contributed by atoms with van der Waals surface area (Å²) in [5.41, 5.74) is 2.71. The Hall–Kier alpha value is -1.55. The van der Waals surface area contributed by atoms with Gasteiger partial charge in [0.2, 0.25) is 0 Å². The van der Waals surface area contributed by atoms with Gasteiger partial charge < -0.3 is 9.30 Å². The first-order valence-corrected chi connectivity index (χ1v) is 6.92. The molecule has 0 amide bonds. The minimum absolute atomic E-state index is 0.0581. The normalized spacial score (nSPS) is 10.5. The summed E-state index contributed by atoms with van der Waals surface area (Å²) in [6.45, 7) is 4.46. The first-order chi connectivity index (χ1) is 9.08. The van der Waals surface area contributed by atoms with Crippen LogP contribution < -0.4 is 10.3 Å². The van der Waals surface area contributed by atoms with Crippen LogP contribution in [0.25, 0.3) is 11.3 Å². The molecule has 0 saturated heterocycles. The van der Waals surface area contributed by atoms with Crippen LogP contribution in [0.5, 0.6) is 5.75 Å². The van der Waals surface area contributed by atoms with Crippen LogP contribution in [0.1, 0.15) is 12.5 Å². The molecule has 3 nitrogen and oxygen atoms in total. The molecule has 100 valence electrons. The van der Waals surface area contributed by atoms with Crippen molar-refractivity contribution in [3.63, 3.8) is 0 Å². The molecule has 1 heterocycles. The van der Waals surface area contributed by atoms with Crippen molar-refractivity contribution in [1.82, 2.24) is 4.57 Å². The van der Waals surface area contributed by atoms with Gasteiger partial charge in [-0.3, -0.25) is 4.79 Å². The molecule has 0 radical (unpaired) electrons. The van der Waals surface area contributed by atoms with Crippen LogP contribution in [-0.4, -0.2) is 11.7 Å². The fourth-order valence-corrected chi connectivity index (χ4v) is 2.63. The summed E-state index contributed by atoms with van der Waals surface area (Å²) in [7, 11) is 1.63. The van der Waals surface area contributed by atoms with Gasteiger partial charge in [0.15, 0.2) is 0 Å². The molecule has 1 aromatic carbocycles. The molecule has 0 atom stereocenters. The van der Waals surface area contributed by atoms with E-state index in [1.165, 1.54) is 0 Å². The zero-order valence-electron chi connectivity index (χ0n) is 11.2. The number of pyridine rings is 1. The molecule has 0 saturated carbocycles. The highest BCUT2D eigenvalue weighted by atomic mass is 79.9. The first kappa shape index (κ1) is 13.9.